The molecule has 0 radical (unpaired) electrons. The fraction of sp³-hybridized carbons (Fsp3) is 0.417. The lowest BCUT2D eigenvalue weighted by Crippen LogP contribution is -2.39. The lowest BCUT2D eigenvalue weighted by Gasteiger charge is -2.12. The molecule has 2 rings (SSSR count). The van der Waals surface area contributed by atoms with Gasteiger partial charge in [0.25, 0.3) is 0 Å². The van der Waals surface area contributed by atoms with E-state index in [9.17, 15) is 13.2 Å². The van der Waals surface area contributed by atoms with Crippen LogP contribution in [0.5, 0.6) is 0 Å². The molecule has 0 bridgehead atoms. The van der Waals surface area contributed by atoms with E-state index in [0.29, 0.717) is 6.42 Å². The second kappa shape index (κ2) is 5.92. The van der Waals surface area contributed by atoms with Crippen LogP contribution in [0.2, 0.25) is 0 Å². The van der Waals surface area contributed by atoms with Gasteiger partial charge in [0.2, 0.25) is 5.91 Å². The summed E-state index contributed by atoms with van der Waals surface area (Å²) >= 11 is 3.33. The largest absolute Gasteiger partial charge is 0.376 e. The molecule has 0 aromatic heterocycles. The van der Waals surface area contributed by atoms with Gasteiger partial charge in [-0.2, -0.15) is 0 Å². The Morgan fingerprint density at radius 1 is 1.32 bits per heavy atom. The van der Waals surface area contributed by atoms with Crippen LogP contribution in [-0.2, 0) is 14.6 Å². The number of rotatable bonds is 4. The van der Waals surface area contributed by atoms with Gasteiger partial charge in [-0.15, -0.1) is 0 Å². The minimum atomic E-state index is -2.95. The summed E-state index contributed by atoms with van der Waals surface area (Å²) in [6.07, 6.45) is 0.506. The number of anilines is 1. The first kappa shape index (κ1) is 14.3. The molecular weight excluding hydrogens is 332 g/mol. The number of hydrogen-bond acceptors (Lipinski definition) is 4. The molecule has 1 aromatic rings. The predicted octanol–water partition coefficient (Wildman–Crippen LogP) is 1.16. The van der Waals surface area contributed by atoms with Gasteiger partial charge in [-0.25, -0.2) is 8.42 Å². The zero-order valence-electron chi connectivity index (χ0n) is 10.2. The van der Waals surface area contributed by atoms with Gasteiger partial charge in [-0.05, 0) is 30.7 Å². The Morgan fingerprint density at radius 3 is 2.58 bits per heavy atom. The number of halogens is 1. The maximum absolute atomic E-state index is 11.7. The molecule has 1 aliphatic rings. The fourth-order valence-corrected chi connectivity index (χ4v) is 3.88. The molecule has 1 aliphatic heterocycles. The molecule has 7 heteroatoms. The number of carbonyl (C=O) groups excluding carboxylic acids is 1. The molecule has 2 N–H and O–H groups in total. The molecular formula is C12H15BrN2O3S. The van der Waals surface area contributed by atoms with Crippen LogP contribution in [0.1, 0.15) is 6.42 Å². The molecule has 1 saturated heterocycles. The second-order valence-corrected chi connectivity index (χ2v) is 7.67. The fourth-order valence-electron chi connectivity index (χ4n) is 1.94. The summed E-state index contributed by atoms with van der Waals surface area (Å²) in [5, 5.41) is 5.71. The molecule has 5 nitrogen and oxygen atoms in total. The Balaban J connectivity index is 1.77. The Bertz CT molecular complexity index is 557. The van der Waals surface area contributed by atoms with Crippen molar-refractivity contribution in [1.82, 2.24) is 5.32 Å². The second-order valence-electron chi connectivity index (χ2n) is 4.53. The average molecular weight is 347 g/mol. The molecule has 1 fully saturated rings. The van der Waals surface area contributed by atoms with Gasteiger partial charge in [-0.3, -0.25) is 4.79 Å². The van der Waals surface area contributed by atoms with E-state index in [1.54, 1.807) is 0 Å². The summed E-state index contributed by atoms with van der Waals surface area (Å²) in [6.45, 7) is 0.137. The van der Waals surface area contributed by atoms with Crippen LogP contribution in [0.15, 0.2) is 28.7 Å². The maximum Gasteiger partial charge on any atom is 0.239 e. The third-order valence-electron chi connectivity index (χ3n) is 2.89. The van der Waals surface area contributed by atoms with E-state index in [1.165, 1.54) is 0 Å². The third-order valence-corrected chi connectivity index (χ3v) is 5.19. The predicted molar refractivity (Wildman–Crippen MR) is 77.8 cm³/mol. The first-order valence-corrected chi connectivity index (χ1v) is 8.55. The number of hydrogen-bond donors (Lipinski definition) is 2. The molecule has 1 heterocycles. The van der Waals surface area contributed by atoms with Gasteiger partial charge in [-0.1, -0.05) is 15.9 Å². The minimum Gasteiger partial charge on any atom is -0.376 e. The van der Waals surface area contributed by atoms with Gasteiger partial charge < -0.3 is 10.6 Å². The number of carbonyl (C=O) groups is 1. The molecule has 0 saturated carbocycles. The van der Waals surface area contributed by atoms with Crippen LogP contribution >= 0.6 is 15.9 Å². The van der Waals surface area contributed by atoms with E-state index in [4.69, 9.17) is 0 Å². The normalized spacial score (nSPS) is 21.0. The van der Waals surface area contributed by atoms with Crippen LogP contribution in [-0.4, -0.2) is 38.4 Å². The Hall–Kier alpha value is -1.08. The van der Waals surface area contributed by atoms with Crippen molar-refractivity contribution in [3.05, 3.63) is 28.7 Å². The monoisotopic (exact) mass is 346 g/mol. The summed E-state index contributed by atoms with van der Waals surface area (Å²) in [7, 11) is -2.95. The number of benzene rings is 1. The lowest BCUT2D eigenvalue weighted by atomic mass is 10.2. The zero-order valence-corrected chi connectivity index (χ0v) is 12.6. The lowest BCUT2D eigenvalue weighted by molar-refractivity contribution is -0.119. The minimum absolute atomic E-state index is 0.0526. The Labute approximate surface area is 120 Å². The molecule has 19 heavy (non-hydrogen) atoms. The summed E-state index contributed by atoms with van der Waals surface area (Å²) in [4.78, 5) is 11.7. The molecule has 1 atom stereocenters. The topological polar surface area (TPSA) is 75.3 Å². The highest BCUT2D eigenvalue weighted by atomic mass is 79.9. The summed E-state index contributed by atoms with van der Waals surface area (Å²) in [5.74, 6) is 0.0276. The molecule has 1 aromatic carbocycles. The van der Waals surface area contributed by atoms with Gasteiger partial charge in [0.05, 0.1) is 18.1 Å². The van der Waals surface area contributed by atoms with Crippen molar-refractivity contribution >= 4 is 37.4 Å². The third kappa shape index (κ3) is 4.50. The van der Waals surface area contributed by atoms with Crippen LogP contribution < -0.4 is 10.6 Å². The first-order valence-electron chi connectivity index (χ1n) is 5.94. The highest BCUT2D eigenvalue weighted by Gasteiger charge is 2.28. The quantitative estimate of drug-likeness (QED) is 0.857. The molecule has 0 aliphatic carbocycles. The molecule has 1 amide bonds. The Kier molecular flexibility index (Phi) is 4.46. The van der Waals surface area contributed by atoms with E-state index in [0.717, 1.165) is 10.2 Å². The average Bonchev–Trinajstić information content (AvgIpc) is 2.68. The standard InChI is InChI=1S/C12H15BrN2O3S/c13-9-1-3-10(4-2-9)14-7-12(16)15-11-5-6-19(17,18)8-11/h1-4,11,14H,5-8H2,(H,15,16)/t11-/m1/s1. The van der Waals surface area contributed by atoms with Gasteiger partial charge in [0.1, 0.15) is 0 Å². The van der Waals surface area contributed by atoms with Crippen molar-refractivity contribution in [3.63, 3.8) is 0 Å². The van der Waals surface area contributed by atoms with Crippen LogP contribution in [0, 0.1) is 0 Å². The van der Waals surface area contributed by atoms with E-state index in [2.05, 4.69) is 26.6 Å². The molecule has 0 spiro atoms. The van der Waals surface area contributed by atoms with Crippen LogP contribution in [0.4, 0.5) is 5.69 Å². The van der Waals surface area contributed by atoms with Crippen molar-refractivity contribution in [2.45, 2.75) is 12.5 Å². The van der Waals surface area contributed by atoms with Gasteiger partial charge in [0, 0.05) is 16.2 Å². The Morgan fingerprint density at radius 2 is 2.00 bits per heavy atom. The van der Waals surface area contributed by atoms with Gasteiger partial charge in [0.15, 0.2) is 9.84 Å². The smallest absolute Gasteiger partial charge is 0.239 e. The summed E-state index contributed by atoms with van der Waals surface area (Å²) < 4.78 is 23.5. The molecule has 104 valence electrons. The molecule has 0 unspecified atom stereocenters. The van der Waals surface area contributed by atoms with Gasteiger partial charge >= 0.3 is 0 Å². The van der Waals surface area contributed by atoms with Crippen molar-refractivity contribution in [1.29, 1.82) is 0 Å². The number of sulfone groups is 1. The first-order chi connectivity index (χ1) is 8.94. The SMILES string of the molecule is O=C(CNc1ccc(Br)cc1)N[C@@H]1CCS(=O)(=O)C1. The summed E-state index contributed by atoms with van der Waals surface area (Å²) in [5.41, 5.74) is 0.845. The van der Waals surface area contributed by atoms with Crippen molar-refractivity contribution < 1.29 is 13.2 Å². The summed E-state index contributed by atoms with van der Waals surface area (Å²) in [6, 6.07) is 7.23. The maximum atomic E-state index is 11.7. The van der Waals surface area contributed by atoms with E-state index >= 15 is 0 Å². The highest BCUT2D eigenvalue weighted by molar-refractivity contribution is 9.10. The van der Waals surface area contributed by atoms with Crippen LogP contribution in [0.3, 0.4) is 0 Å². The zero-order chi connectivity index (χ0) is 13.9. The van der Waals surface area contributed by atoms with Crippen molar-refractivity contribution in [2.24, 2.45) is 0 Å². The highest BCUT2D eigenvalue weighted by Crippen LogP contribution is 2.14. The number of nitrogens with one attached hydrogen (secondary N) is 2. The van der Waals surface area contributed by atoms with E-state index < -0.39 is 9.84 Å². The van der Waals surface area contributed by atoms with E-state index in [1.807, 2.05) is 24.3 Å². The number of amides is 1. The van der Waals surface area contributed by atoms with E-state index in [-0.39, 0.29) is 30.0 Å². The van der Waals surface area contributed by atoms with Crippen LogP contribution in [0.25, 0.3) is 0 Å². The van der Waals surface area contributed by atoms with Crippen molar-refractivity contribution in [2.75, 3.05) is 23.4 Å². The van der Waals surface area contributed by atoms with Crippen molar-refractivity contribution in [3.8, 4) is 0 Å².